The zero-order chi connectivity index (χ0) is 42.2. The first-order valence-corrected chi connectivity index (χ1v) is 21.9. The third kappa shape index (κ3) is 5.12. The number of para-hydroxylation sites is 1. The monoisotopic (exact) mass is 807 g/mol. The molecule has 2 heterocycles. The molecule has 0 N–H and O–H groups in total. The molecule has 0 saturated carbocycles. The molecule has 2 aliphatic carbocycles. The van der Waals surface area contributed by atoms with Crippen LogP contribution in [0.1, 0.15) is 49.9 Å². The number of hydrogen-bond acceptors (Lipinski definition) is 4. The summed E-state index contributed by atoms with van der Waals surface area (Å²) in [5, 5.41) is 6.90. The van der Waals surface area contributed by atoms with Crippen molar-refractivity contribution in [1.29, 1.82) is 0 Å². The van der Waals surface area contributed by atoms with Crippen LogP contribution in [0.3, 0.4) is 0 Å². The lowest BCUT2D eigenvalue weighted by atomic mass is 9.81. The van der Waals surface area contributed by atoms with Crippen molar-refractivity contribution in [2.24, 2.45) is 0 Å². The summed E-state index contributed by atoms with van der Waals surface area (Å²) in [4.78, 5) is 16.3. The fourth-order valence-corrected chi connectivity index (χ4v) is 10.9. The van der Waals surface area contributed by atoms with Gasteiger partial charge < -0.3 is 4.42 Å². The van der Waals surface area contributed by atoms with Gasteiger partial charge in [-0.25, -0.2) is 15.0 Å². The molecule has 0 saturated heterocycles. The second-order valence-electron chi connectivity index (χ2n) is 18.3. The Morgan fingerprint density at radius 3 is 1.75 bits per heavy atom. The second-order valence-corrected chi connectivity index (χ2v) is 18.3. The van der Waals surface area contributed by atoms with Gasteiger partial charge in [0.2, 0.25) is 0 Å². The maximum absolute atomic E-state index is 6.90. The van der Waals surface area contributed by atoms with Crippen molar-refractivity contribution in [3.63, 3.8) is 0 Å². The minimum Gasteiger partial charge on any atom is -0.455 e. The highest BCUT2D eigenvalue weighted by molar-refractivity contribution is 6.19. The van der Waals surface area contributed by atoms with Gasteiger partial charge in [0.15, 0.2) is 17.5 Å². The first-order valence-electron chi connectivity index (χ1n) is 21.9. The van der Waals surface area contributed by atoms with E-state index >= 15 is 0 Å². The molecule has 0 aliphatic heterocycles. The minimum absolute atomic E-state index is 0.111. The van der Waals surface area contributed by atoms with Gasteiger partial charge in [-0.05, 0) is 95.9 Å². The van der Waals surface area contributed by atoms with Gasteiger partial charge in [0.1, 0.15) is 11.2 Å². The van der Waals surface area contributed by atoms with Crippen LogP contribution in [-0.4, -0.2) is 15.0 Å². The molecule has 0 amide bonds. The van der Waals surface area contributed by atoms with Gasteiger partial charge in [0.05, 0.1) is 0 Å². The maximum atomic E-state index is 6.90. The zero-order valence-electron chi connectivity index (χ0n) is 35.5. The van der Waals surface area contributed by atoms with Crippen LogP contribution in [0.4, 0.5) is 0 Å². The third-order valence-corrected chi connectivity index (χ3v) is 14.1. The van der Waals surface area contributed by atoms with Crippen LogP contribution < -0.4 is 0 Å². The Kier molecular flexibility index (Phi) is 7.38. The van der Waals surface area contributed by atoms with Crippen LogP contribution >= 0.6 is 0 Å². The Bertz CT molecular complexity index is 3740. The Morgan fingerprint density at radius 1 is 0.365 bits per heavy atom. The molecule has 0 fully saturated rings. The van der Waals surface area contributed by atoms with Crippen molar-refractivity contribution in [2.75, 3.05) is 0 Å². The molecule has 0 bridgehead atoms. The van der Waals surface area contributed by atoms with E-state index in [1.165, 1.54) is 60.5 Å². The molecule has 0 atom stereocenters. The molecule has 4 nitrogen and oxygen atoms in total. The van der Waals surface area contributed by atoms with Gasteiger partial charge in [0.25, 0.3) is 0 Å². The van der Waals surface area contributed by atoms with E-state index < -0.39 is 0 Å². The zero-order valence-corrected chi connectivity index (χ0v) is 35.5. The summed E-state index contributed by atoms with van der Waals surface area (Å²) >= 11 is 0. The Labute approximate surface area is 365 Å². The summed E-state index contributed by atoms with van der Waals surface area (Å²) in [6, 6.07) is 63.2. The van der Waals surface area contributed by atoms with Crippen molar-refractivity contribution < 1.29 is 4.42 Å². The summed E-state index contributed by atoms with van der Waals surface area (Å²) in [5.74, 6) is 1.85. The Balaban J connectivity index is 1.10. The Morgan fingerprint density at radius 2 is 0.952 bits per heavy atom. The van der Waals surface area contributed by atoms with Crippen molar-refractivity contribution in [3.05, 3.63) is 198 Å². The first kappa shape index (κ1) is 36.0. The average Bonchev–Trinajstić information content (AvgIpc) is 3.91. The minimum atomic E-state index is -0.274. The standard InChI is InChI=1S/C59H41N3O/c1-58(2)45-22-11-8-19-40(45)52-47(58)30-29-36-27-25-35-26-28-39(32-43(35)50(36)52)56-60-55(38-18-14-17-37(31-38)34-15-6-5-7-16-34)61-57(62-56)44-33-48-53(41-20-9-12-23-46(41)59(48,3)4)54-51(44)42-21-10-13-24-49(42)63-54/h5-33H,1-4H3. The van der Waals surface area contributed by atoms with Crippen LogP contribution in [0.2, 0.25) is 0 Å². The molecule has 11 aromatic rings. The first-order chi connectivity index (χ1) is 30.7. The van der Waals surface area contributed by atoms with Crippen molar-refractivity contribution in [1.82, 2.24) is 15.0 Å². The number of aromatic nitrogens is 3. The third-order valence-electron chi connectivity index (χ3n) is 14.1. The summed E-state index contributed by atoms with van der Waals surface area (Å²) in [6.07, 6.45) is 0. The van der Waals surface area contributed by atoms with Crippen LogP contribution in [0.25, 0.3) is 111 Å². The molecule has 13 rings (SSSR count). The van der Waals surface area contributed by atoms with Gasteiger partial charge in [-0.1, -0.05) is 179 Å². The second kappa shape index (κ2) is 12.9. The van der Waals surface area contributed by atoms with Crippen LogP contribution in [0.15, 0.2) is 180 Å². The quantitative estimate of drug-likeness (QED) is 0.166. The average molecular weight is 808 g/mol. The van der Waals surface area contributed by atoms with E-state index in [0.717, 1.165) is 55.3 Å². The molecule has 63 heavy (non-hydrogen) atoms. The van der Waals surface area contributed by atoms with Gasteiger partial charge in [0, 0.05) is 43.9 Å². The largest absolute Gasteiger partial charge is 0.455 e. The lowest BCUT2D eigenvalue weighted by molar-refractivity contribution is 0.653. The smallest absolute Gasteiger partial charge is 0.164 e. The lowest BCUT2D eigenvalue weighted by Gasteiger charge is -2.22. The molecule has 0 unspecified atom stereocenters. The van der Waals surface area contributed by atoms with E-state index in [0.29, 0.717) is 17.5 Å². The number of fused-ring (bicyclic) bond motifs is 14. The molecule has 0 spiro atoms. The van der Waals surface area contributed by atoms with Crippen LogP contribution in [0.5, 0.6) is 0 Å². The van der Waals surface area contributed by atoms with Crippen molar-refractivity contribution in [2.45, 2.75) is 38.5 Å². The number of rotatable bonds is 4. The topological polar surface area (TPSA) is 51.8 Å². The van der Waals surface area contributed by atoms with Crippen LogP contribution in [0, 0.1) is 0 Å². The van der Waals surface area contributed by atoms with Gasteiger partial charge in [-0.2, -0.15) is 0 Å². The summed E-state index contributed by atoms with van der Waals surface area (Å²) < 4.78 is 6.90. The number of nitrogens with zero attached hydrogens (tertiary/aromatic N) is 3. The molecule has 0 radical (unpaired) electrons. The van der Waals surface area contributed by atoms with Crippen LogP contribution in [-0.2, 0) is 10.8 Å². The van der Waals surface area contributed by atoms with Gasteiger partial charge in [-0.3, -0.25) is 0 Å². The predicted octanol–water partition coefficient (Wildman–Crippen LogP) is 15.4. The van der Waals surface area contributed by atoms with E-state index in [1.807, 2.05) is 6.07 Å². The summed E-state index contributed by atoms with van der Waals surface area (Å²) in [5.41, 5.74) is 16.6. The normalized spacial score (nSPS) is 14.3. The Hall–Kier alpha value is -7.69. The highest BCUT2D eigenvalue weighted by atomic mass is 16.3. The highest BCUT2D eigenvalue weighted by Crippen LogP contribution is 2.55. The predicted molar refractivity (Wildman–Crippen MR) is 259 cm³/mol. The van der Waals surface area contributed by atoms with E-state index in [1.54, 1.807) is 0 Å². The number of benzene rings is 9. The number of hydrogen-bond donors (Lipinski definition) is 0. The fourth-order valence-electron chi connectivity index (χ4n) is 10.9. The molecule has 9 aromatic carbocycles. The lowest BCUT2D eigenvalue weighted by Crippen LogP contribution is -2.15. The van der Waals surface area contributed by atoms with E-state index in [2.05, 4.69) is 198 Å². The SMILES string of the molecule is CC1(C)c2ccccc2-c2c1cc(-c1nc(-c3cccc(-c4ccccc4)c3)nc(-c3ccc4ccc5ccc6c(c5c4c3)-c3ccccc3C6(C)C)n1)c1c2oc2ccccc21. The summed E-state index contributed by atoms with van der Waals surface area (Å²) in [7, 11) is 0. The molecule has 4 heteroatoms. The highest BCUT2D eigenvalue weighted by Gasteiger charge is 2.39. The van der Waals surface area contributed by atoms with E-state index in [9.17, 15) is 0 Å². The van der Waals surface area contributed by atoms with Gasteiger partial charge >= 0.3 is 0 Å². The maximum Gasteiger partial charge on any atom is 0.164 e. The van der Waals surface area contributed by atoms with E-state index in [4.69, 9.17) is 19.4 Å². The molecule has 2 aromatic heterocycles. The van der Waals surface area contributed by atoms with Crippen molar-refractivity contribution in [3.8, 4) is 67.5 Å². The van der Waals surface area contributed by atoms with Gasteiger partial charge in [-0.15, -0.1) is 0 Å². The molecule has 298 valence electrons. The summed E-state index contributed by atoms with van der Waals surface area (Å²) in [6.45, 7) is 9.31. The van der Waals surface area contributed by atoms with E-state index in [-0.39, 0.29) is 10.8 Å². The number of furan rings is 1. The fraction of sp³-hybridized carbons (Fsp3) is 0.102. The molecular weight excluding hydrogens is 767 g/mol. The van der Waals surface area contributed by atoms with Crippen molar-refractivity contribution >= 4 is 43.5 Å². The molecule has 2 aliphatic rings. The molecular formula is C59H41N3O.